The van der Waals surface area contributed by atoms with E-state index in [4.69, 9.17) is 0 Å². The Labute approximate surface area is 124 Å². The van der Waals surface area contributed by atoms with Gasteiger partial charge in [-0.2, -0.15) is 4.98 Å². The molecule has 1 aromatic heterocycles. The van der Waals surface area contributed by atoms with Crippen LogP contribution in [0.1, 0.15) is 5.82 Å². The molecule has 0 bridgehead atoms. The fourth-order valence-electron chi connectivity index (χ4n) is 1.27. The maximum absolute atomic E-state index is 11.4. The summed E-state index contributed by atoms with van der Waals surface area (Å²) >= 11 is 7.91. The number of hydrogen-bond acceptors (Lipinski definition) is 4. The third kappa shape index (κ3) is 3.15. The van der Waals surface area contributed by atoms with Crippen LogP contribution in [0.4, 0.5) is 0 Å². The number of nitrogens with one attached hydrogen (secondary N) is 1. The Hall–Kier alpha value is -0.790. The maximum atomic E-state index is 11.4. The normalized spacial score (nSPS) is 10.6. The molecule has 0 atom stereocenters. The third-order valence-electron chi connectivity index (χ3n) is 2.10. The largest absolute Gasteiger partial charge is 0.492 e. The molecule has 2 aromatic rings. The van der Waals surface area contributed by atoms with Crippen LogP contribution in [-0.2, 0) is 5.75 Å². The number of aromatic hydroxyl groups is 1. The summed E-state index contributed by atoms with van der Waals surface area (Å²) in [6, 6.07) is 7.77. The van der Waals surface area contributed by atoms with Crippen LogP contribution in [0.2, 0.25) is 0 Å². The zero-order valence-electron chi connectivity index (χ0n) is 8.98. The summed E-state index contributed by atoms with van der Waals surface area (Å²) in [5.74, 6) is 0.613. The molecule has 0 aliphatic heterocycles. The van der Waals surface area contributed by atoms with Gasteiger partial charge < -0.3 is 10.1 Å². The Morgan fingerprint density at radius 1 is 1.33 bits per heavy atom. The van der Waals surface area contributed by atoms with Gasteiger partial charge in [0.1, 0.15) is 10.3 Å². The van der Waals surface area contributed by atoms with E-state index in [2.05, 4.69) is 41.8 Å². The number of hydrogen-bond donors (Lipinski definition) is 2. The van der Waals surface area contributed by atoms with Gasteiger partial charge in [-0.1, -0.05) is 12.1 Å². The van der Waals surface area contributed by atoms with Gasteiger partial charge in [-0.3, -0.25) is 4.79 Å². The van der Waals surface area contributed by atoms with Gasteiger partial charge in [0.25, 0.3) is 5.56 Å². The van der Waals surface area contributed by atoms with Gasteiger partial charge in [0, 0.05) is 9.37 Å². The molecule has 0 aliphatic rings. The van der Waals surface area contributed by atoms with Gasteiger partial charge >= 0.3 is 0 Å². The number of thioether (sulfide) groups is 1. The zero-order chi connectivity index (χ0) is 13.1. The summed E-state index contributed by atoms with van der Waals surface area (Å²) in [6.45, 7) is 0. The highest BCUT2D eigenvalue weighted by Gasteiger charge is 2.08. The van der Waals surface area contributed by atoms with Crippen molar-refractivity contribution in [1.29, 1.82) is 0 Å². The highest BCUT2D eigenvalue weighted by atomic mass is 79.9. The van der Waals surface area contributed by atoms with Gasteiger partial charge in [-0.05, 0) is 44.0 Å². The number of halogens is 2. The molecule has 1 heterocycles. The molecule has 1 aromatic carbocycles. The monoisotopic (exact) mass is 390 g/mol. The maximum Gasteiger partial charge on any atom is 0.269 e. The molecule has 4 nitrogen and oxygen atoms in total. The second-order valence-corrected chi connectivity index (χ2v) is 6.03. The summed E-state index contributed by atoms with van der Waals surface area (Å²) in [7, 11) is 0. The van der Waals surface area contributed by atoms with E-state index < -0.39 is 0 Å². The number of nitrogens with zero attached hydrogens (tertiary/aromatic N) is 1. The van der Waals surface area contributed by atoms with E-state index in [1.807, 2.05) is 24.3 Å². The van der Waals surface area contributed by atoms with Crippen molar-refractivity contribution < 1.29 is 5.11 Å². The van der Waals surface area contributed by atoms with Crippen molar-refractivity contribution in [2.45, 2.75) is 10.6 Å². The van der Waals surface area contributed by atoms with Crippen LogP contribution in [0.5, 0.6) is 5.88 Å². The molecular weight excluding hydrogens is 384 g/mol. The predicted molar refractivity (Wildman–Crippen MR) is 77.9 cm³/mol. The smallest absolute Gasteiger partial charge is 0.269 e. The average Bonchev–Trinajstić information content (AvgIpc) is 2.35. The van der Waals surface area contributed by atoms with Crippen molar-refractivity contribution in [2.75, 3.05) is 0 Å². The van der Waals surface area contributed by atoms with Gasteiger partial charge in [0.15, 0.2) is 0 Å². The Bertz CT molecular complexity index is 631. The molecule has 0 fully saturated rings. The molecule has 0 spiro atoms. The van der Waals surface area contributed by atoms with E-state index in [1.165, 1.54) is 11.8 Å². The molecule has 0 saturated heterocycles. The minimum absolute atomic E-state index is 0.0529. The van der Waals surface area contributed by atoms with Crippen molar-refractivity contribution >= 4 is 43.6 Å². The number of aromatic amines is 1. The van der Waals surface area contributed by atoms with E-state index in [1.54, 1.807) is 0 Å². The van der Waals surface area contributed by atoms with E-state index in [0.29, 0.717) is 11.6 Å². The van der Waals surface area contributed by atoms with Crippen LogP contribution in [-0.4, -0.2) is 15.1 Å². The van der Waals surface area contributed by atoms with Crippen molar-refractivity contribution in [3.63, 3.8) is 0 Å². The topological polar surface area (TPSA) is 66.0 Å². The van der Waals surface area contributed by atoms with E-state index in [0.717, 1.165) is 9.37 Å². The summed E-state index contributed by atoms with van der Waals surface area (Å²) in [6.07, 6.45) is 0. The van der Waals surface area contributed by atoms with Crippen molar-refractivity contribution in [3.8, 4) is 5.88 Å². The molecule has 0 saturated carbocycles. The molecule has 7 heteroatoms. The fourth-order valence-corrected chi connectivity index (χ4v) is 2.89. The zero-order valence-corrected chi connectivity index (χ0v) is 13.0. The predicted octanol–water partition coefficient (Wildman–Crippen LogP) is 3.29. The second-order valence-electron chi connectivity index (χ2n) is 3.37. The van der Waals surface area contributed by atoms with Crippen molar-refractivity contribution in [3.05, 3.63) is 49.4 Å². The number of rotatable bonds is 3. The Balaban J connectivity index is 2.17. The first-order chi connectivity index (χ1) is 8.58. The number of aromatic nitrogens is 2. The lowest BCUT2D eigenvalue weighted by atomic mass is 10.4. The molecule has 0 aliphatic carbocycles. The molecule has 94 valence electrons. The molecule has 18 heavy (non-hydrogen) atoms. The van der Waals surface area contributed by atoms with Gasteiger partial charge in [-0.25, -0.2) is 0 Å². The quantitative estimate of drug-likeness (QED) is 0.788. The summed E-state index contributed by atoms with van der Waals surface area (Å²) in [4.78, 5) is 19.0. The van der Waals surface area contributed by atoms with Crippen LogP contribution in [0.15, 0.2) is 42.9 Å². The summed E-state index contributed by atoms with van der Waals surface area (Å²) < 4.78 is 1.04. The first-order valence-corrected chi connectivity index (χ1v) is 7.50. The Kier molecular flexibility index (Phi) is 4.47. The van der Waals surface area contributed by atoms with E-state index in [9.17, 15) is 9.90 Å². The molecule has 2 N–H and O–H groups in total. The van der Waals surface area contributed by atoms with Crippen LogP contribution < -0.4 is 5.56 Å². The second kappa shape index (κ2) is 5.90. The van der Waals surface area contributed by atoms with Crippen LogP contribution in [0.3, 0.4) is 0 Å². The Morgan fingerprint density at radius 2 is 2.06 bits per heavy atom. The molecular formula is C11H8Br2N2O2S. The van der Waals surface area contributed by atoms with E-state index >= 15 is 0 Å². The number of benzene rings is 1. The van der Waals surface area contributed by atoms with Gasteiger partial charge in [-0.15, -0.1) is 11.8 Å². The first-order valence-electron chi connectivity index (χ1n) is 4.93. The lowest BCUT2D eigenvalue weighted by molar-refractivity contribution is 0.444. The summed E-state index contributed by atoms with van der Waals surface area (Å²) in [5.41, 5.74) is -0.384. The first kappa shape index (κ1) is 13.6. The third-order valence-corrected chi connectivity index (χ3v) is 4.85. The fraction of sp³-hybridized carbons (Fsp3) is 0.0909. The average molecular weight is 392 g/mol. The highest BCUT2D eigenvalue weighted by molar-refractivity contribution is 9.10. The van der Waals surface area contributed by atoms with Crippen molar-refractivity contribution in [2.24, 2.45) is 0 Å². The van der Waals surface area contributed by atoms with Crippen LogP contribution in [0, 0.1) is 0 Å². The standard InChI is InChI=1S/C11H8Br2N2O2S/c12-6-3-1-2-4-7(6)18-5-8-14-10(16)9(13)11(17)15-8/h1-4H,5H2,(H2,14,15,16,17). The SMILES string of the molecule is O=c1[nH]c(CSc2ccccc2Br)nc(O)c1Br. The van der Waals surface area contributed by atoms with E-state index in [-0.39, 0.29) is 15.9 Å². The molecule has 0 unspecified atom stereocenters. The van der Waals surface area contributed by atoms with Gasteiger partial charge in [0.2, 0.25) is 5.88 Å². The minimum atomic E-state index is -0.384. The molecule has 0 amide bonds. The lowest BCUT2D eigenvalue weighted by Crippen LogP contribution is -2.11. The summed E-state index contributed by atoms with van der Waals surface area (Å²) in [5, 5.41) is 9.44. The van der Waals surface area contributed by atoms with Crippen LogP contribution >= 0.6 is 43.6 Å². The van der Waals surface area contributed by atoms with Crippen LogP contribution in [0.25, 0.3) is 0 Å². The molecule has 2 rings (SSSR count). The Morgan fingerprint density at radius 3 is 2.72 bits per heavy atom. The minimum Gasteiger partial charge on any atom is -0.492 e. The highest BCUT2D eigenvalue weighted by Crippen LogP contribution is 2.29. The van der Waals surface area contributed by atoms with Crippen molar-refractivity contribution in [1.82, 2.24) is 9.97 Å². The number of H-pyrrole nitrogens is 1. The lowest BCUT2D eigenvalue weighted by Gasteiger charge is -2.04. The molecule has 0 radical (unpaired) electrons. The van der Waals surface area contributed by atoms with Gasteiger partial charge in [0.05, 0.1) is 5.75 Å².